The molecule has 0 heterocycles. The zero-order chi connectivity index (χ0) is 19.5. The van der Waals surface area contributed by atoms with E-state index in [1.165, 1.54) is 0 Å². The molecule has 27 heavy (non-hydrogen) atoms. The molecule has 0 aliphatic carbocycles. The van der Waals surface area contributed by atoms with Crippen molar-refractivity contribution in [2.45, 2.75) is 46.1 Å². The molecule has 146 valence electrons. The van der Waals surface area contributed by atoms with Gasteiger partial charge in [-0.3, -0.25) is 4.79 Å². The average molecular weight is 370 g/mol. The Balaban J connectivity index is 1.79. The molecule has 0 saturated carbocycles. The molecular formula is C22H30N2O3. The predicted octanol–water partition coefficient (Wildman–Crippen LogP) is 5.09. The normalized spacial score (nSPS) is 11.5. The maximum absolute atomic E-state index is 12.2. The van der Waals surface area contributed by atoms with Crippen molar-refractivity contribution in [1.82, 2.24) is 0 Å². The van der Waals surface area contributed by atoms with Crippen LogP contribution < -0.4 is 20.1 Å². The summed E-state index contributed by atoms with van der Waals surface area (Å²) in [7, 11) is 0. The zero-order valence-electron chi connectivity index (χ0n) is 16.5. The Labute approximate surface area is 162 Å². The Morgan fingerprint density at radius 2 is 1.81 bits per heavy atom. The van der Waals surface area contributed by atoms with E-state index in [-0.39, 0.29) is 18.6 Å². The predicted molar refractivity (Wildman–Crippen MR) is 111 cm³/mol. The van der Waals surface area contributed by atoms with Crippen molar-refractivity contribution in [3.63, 3.8) is 0 Å². The fourth-order valence-electron chi connectivity index (χ4n) is 2.35. The van der Waals surface area contributed by atoms with Crippen LogP contribution in [0.2, 0.25) is 0 Å². The summed E-state index contributed by atoms with van der Waals surface area (Å²) >= 11 is 0. The summed E-state index contributed by atoms with van der Waals surface area (Å²) in [5.74, 6) is 1.49. The molecule has 1 unspecified atom stereocenters. The van der Waals surface area contributed by atoms with Crippen LogP contribution in [-0.4, -0.2) is 25.2 Å². The maximum Gasteiger partial charge on any atom is 0.243 e. The van der Waals surface area contributed by atoms with Crippen LogP contribution in [0.25, 0.3) is 0 Å². The highest BCUT2D eigenvalue weighted by atomic mass is 16.5. The fourth-order valence-corrected chi connectivity index (χ4v) is 2.35. The number of carbonyl (C=O) groups is 1. The van der Waals surface area contributed by atoms with E-state index in [9.17, 15) is 4.79 Å². The fraction of sp³-hybridized carbons (Fsp3) is 0.409. The molecule has 0 aliphatic rings. The number of anilines is 2. The summed E-state index contributed by atoms with van der Waals surface area (Å²) in [5.41, 5.74) is 1.60. The Bertz CT molecular complexity index is 701. The van der Waals surface area contributed by atoms with Crippen molar-refractivity contribution >= 4 is 17.3 Å². The minimum Gasteiger partial charge on any atom is -0.494 e. The number of nitrogens with one attached hydrogen (secondary N) is 2. The second-order valence-electron chi connectivity index (χ2n) is 6.49. The van der Waals surface area contributed by atoms with Gasteiger partial charge in [0.25, 0.3) is 0 Å². The standard InChI is InChI=1S/C22H30N2O3/c1-4-6-14-26-20-12-10-18(11-13-20)23-16-22(25)24-19-8-7-9-21(15-19)27-17(3)5-2/h7-13,15,17,23H,4-6,14,16H2,1-3H3,(H,24,25). The summed E-state index contributed by atoms with van der Waals surface area (Å²) in [5, 5.41) is 6.00. The van der Waals surface area contributed by atoms with Gasteiger partial charge in [0.05, 0.1) is 19.3 Å². The Hall–Kier alpha value is -2.69. The molecule has 1 amide bonds. The molecule has 5 nitrogen and oxygen atoms in total. The Morgan fingerprint density at radius 3 is 2.52 bits per heavy atom. The third kappa shape index (κ3) is 7.60. The van der Waals surface area contributed by atoms with Crippen molar-refractivity contribution in [3.05, 3.63) is 48.5 Å². The first-order valence-corrected chi connectivity index (χ1v) is 9.64. The van der Waals surface area contributed by atoms with Gasteiger partial charge < -0.3 is 20.1 Å². The number of hydrogen-bond acceptors (Lipinski definition) is 4. The van der Waals surface area contributed by atoms with Crippen LogP contribution >= 0.6 is 0 Å². The number of benzene rings is 2. The Kier molecular flexibility index (Phi) is 8.49. The van der Waals surface area contributed by atoms with Crippen LogP contribution in [0.4, 0.5) is 11.4 Å². The molecule has 0 fully saturated rings. The summed E-state index contributed by atoms with van der Waals surface area (Å²) in [6.07, 6.45) is 3.24. The second kappa shape index (κ2) is 11.1. The number of unbranched alkanes of at least 4 members (excludes halogenated alkanes) is 1. The molecule has 0 radical (unpaired) electrons. The quantitative estimate of drug-likeness (QED) is 0.541. The molecule has 2 aromatic rings. The minimum atomic E-state index is -0.112. The van der Waals surface area contributed by atoms with Crippen LogP contribution in [-0.2, 0) is 4.79 Å². The third-order valence-corrected chi connectivity index (χ3v) is 4.10. The van der Waals surface area contributed by atoms with E-state index in [0.29, 0.717) is 0 Å². The molecule has 0 spiro atoms. The van der Waals surface area contributed by atoms with Crippen LogP contribution in [0.1, 0.15) is 40.0 Å². The van der Waals surface area contributed by atoms with Crippen molar-refractivity contribution in [2.75, 3.05) is 23.8 Å². The first kappa shape index (κ1) is 20.6. The average Bonchev–Trinajstić information content (AvgIpc) is 2.68. The van der Waals surface area contributed by atoms with Gasteiger partial charge in [0.1, 0.15) is 11.5 Å². The van der Waals surface area contributed by atoms with E-state index < -0.39 is 0 Å². The van der Waals surface area contributed by atoms with Gasteiger partial charge in [-0.15, -0.1) is 0 Å². The van der Waals surface area contributed by atoms with E-state index in [0.717, 1.165) is 48.7 Å². The molecule has 0 aliphatic heterocycles. The van der Waals surface area contributed by atoms with Crippen molar-refractivity contribution in [1.29, 1.82) is 0 Å². The lowest BCUT2D eigenvalue weighted by molar-refractivity contribution is -0.114. The van der Waals surface area contributed by atoms with Crippen molar-refractivity contribution < 1.29 is 14.3 Å². The van der Waals surface area contributed by atoms with E-state index >= 15 is 0 Å². The highest BCUT2D eigenvalue weighted by molar-refractivity contribution is 5.93. The first-order chi connectivity index (χ1) is 13.1. The smallest absolute Gasteiger partial charge is 0.243 e. The number of amides is 1. The first-order valence-electron chi connectivity index (χ1n) is 9.64. The van der Waals surface area contributed by atoms with E-state index in [1.807, 2.05) is 55.5 Å². The molecule has 2 rings (SSSR count). The SMILES string of the molecule is CCCCOc1ccc(NCC(=O)Nc2cccc(OC(C)CC)c2)cc1. The molecule has 0 saturated heterocycles. The number of ether oxygens (including phenoxy) is 2. The maximum atomic E-state index is 12.2. The summed E-state index contributed by atoms with van der Waals surface area (Å²) < 4.78 is 11.4. The molecule has 5 heteroatoms. The molecule has 1 atom stereocenters. The minimum absolute atomic E-state index is 0.112. The summed E-state index contributed by atoms with van der Waals surface area (Å²) in [4.78, 5) is 12.2. The van der Waals surface area contributed by atoms with Crippen molar-refractivity contribution in [2.24, 2.45) is 0 Å². The largest absolute Gasteiger partial charge is 0.494 e. The van der Waals surface area contributed by atoms with Gasteiger partial charge >= 0.3 is 0 Å². The monoisotopic (exact) mass is 370 g/mol. The van der Waals surface area contributed by atoms with Crippen LogP contribution in [0.15, 0.2) is 48.5 Å². The molecule has 2 N–H and O–H groups in total. The van der Waals surface area contributed by atoms with Gasteiger partial charge in [-0.25, -0.2) is 0 Å². The van der Waals surface area contributed by atoms with Gasteiger partial charge in [0.2, 0.25) is 5.91 Å². The van der Waals surface area contributed by atoms with E-state index in [1.54, 1.807) is 0 Å². The zero-order valence-corrected chi connectivity index (χ0v) is 16.5. The molecule has 2 aromatic carbocycles. The Morgan fingerprint density at radius 1 is 1.04 bits per heavy atom. The number of carbonyl (C=O) groups excluding carboxylic acids is 1. The van der Waals surface area contributed by atoms with Gasteiger partial charge in [0.15, 0.2) is 0 Å². The van der Waals surface area contributed by atoms with Gasteiger partial charge in [-0.1, -0.05) is 26.3 Å². The highest BCUT2D eigenvalue weighted by Gasteiger charge is 2.06. The topological polar surface area (TPSA) is 59.6 Å². The molecule has 0 aromatic heterocycles. The lowest BCUT2D eigenvalue weighted by Crippen LogP contribution is -2.21. The lowest BCUT2D eigenvalue weighted by atomic mass is 10.2. The van der Waals surface area contributed by atoms with Crippen LogP contribution in [0.3, 0.4) is 0 Å². The van der Waals surface area contributed by atoms with Crippen molar-refractivity contribution in [3.8, 4) is 11.5 Å². The van der Waals surface area contributed by atoms with E-state index in [4.69, 9.17) is 9.47 Å². The summed E-state index contributed by atoms with van der Waals surface area (Å²) in [6, 6.07) is 15.1. The number of rotatable bonds is 11. The van der Waals surface area contributed by atoms with Gasteiger partial charge in [-0.05, 0) is 56.2 Å². The van der Waals surface area contributed by atoms with Crippen LogP contribution in [0, 0.1) is 0 Å². The van der Waals surface area contributed by atoms with E-state index in [2.05, 4.69) is 24.5 Å². The molecule has 0 bridgehead atoms. The molecular weight excluding hydrogens is 340 g/mol. The number of hydrogen-bond donors (Lipinski definition) is 2. The summed E-state index contributed by atoms with van der Waals surface area (Å²) in [6.45, 7) is 7.15. The van der Waals surface area contributed by atoms with Gasteiger partial charge in [0, 0.05) is 17.4 Å². The highest BCUT2D eigenvalue weighted by Crippen LogP contribution is 2.19. The second-order valence-corrected chi connectivity index (χ2v) is 6.49. The lowest BCUT2D eigenvalue weighted by Gasteiger charge is -2.14. The van der Waals surface area contributed by atoms with Gasteiger partial charge in [-0.2, -0.15) is 0 Å². The third-order valence-electron chi connectivity index (χ3n) is 4.10. The van der Waals surface area contributed by atoms with Crippen LogP contribution in [0.5, 0.6) is 11.5 Å².